The van der Waals surface area contributed by atoms with Crippen molar-refractivity contribution in [3.63, 3.8) is 0 Å². The molecule has 2 N–H and O–H groups in total. The number of carbonyl (C=O) groups is 1. The number of halogens is 1. The van der Waals surface area contributed by atoms with Crippen LogP contribution in [0.2, 0.25) is 0 Å². The van der Waals surface area contributed by atoms with E-state index in [1.165, 1.54) is 0 Å². The van der Waals surface area contributed by atoms with Gasteiger partial charge in [-0.2, -0.15) is 0 Å². The molecule has 5 heteroatoms. The maximum Gasteiger partial charge on any atom is 0.224 e. The number of amides is 1. The Morgan fingerprint density at radius 1 is 1.52 bits per heavy atom. The average Bonchev–Trinajstić information content (AvgIpc) is 3.03. The van der Waals surface area contributed by atoms with Gasteiger partial charge >= 0.3 is 0 Å². The molecule has 0 bridgehead atoms. The van der Waals surface area contributed by atoms with Crippen LogP contribution in [0.25, 0.3) is 11.0 Å². The predicted octanol–water partition coefficient (Wildman–Crippen LogP) is 2.10. The van der Waals surface area contributed by atoms with E-state index in [1.807, 2.05) is 25.1 Å². The number of alkyl halides is 1. The number of carbonyl (C=O) groups excluding carboxylic acids is 1. The van der Waals surface area contributed by atoms with E-state index in [2.05, 4.69) is 10.6 Å². The Morgan fingerprint density at radius 3 is 3.14 bits per heavy atom. The van der Waals surface area contributed by atoms with Gasteiger partial charge in [0.15, 0.2) is 0 Å². The van der Waals surface area contributed by atoms with E-state index in [4.69, 9.17) is 4.42 Å². The highest BCUT2D eigenvalue weighted by Gasteiger charge is 2.23. The van der Waals surface area contributed by atoms with Gasteiger partial charge in [0.2, 0.25) is 5.91 Å². The van der Waals surface area contributed by atoms with E-state index >= 15 is 0 Å². The molecule has 1 amide bonds. The number of benzene rings is 1. The molecule has 1 aliphatic heterocycles. The smallest absolute Gasteiger partial charge is 0.224 e. The third-order valence-corrected chi connectivity index (χ3v) is 3.88. The van der Waals surface area contributed by atoms with Crippen LogP contribution in [0.3, 0.4) is 0 Å². The summed E-state index contributed by atoms with van der Waals surface area (Å²) in [6, 6.07) is 5.97. The third-order valence-electron chi connectivity index (χ3n) is 3.88. The molecule has 0 saturated carbocycles. The Labute approximate surface area is 122 Å². The molecule has 3 rings (SSSR count). The molecule has 4 nitrogen and oxygen atoms in total. The van der Waals surface area contributed by atoms with Crippen LogP contribution in [0.15, 0.2) is 28.9 Å². The summed E-state index contributed by atoms with van der Waals surface area (Å²) >= 11 is 0. The molecule has 2 atom stereocenters. The van der Waals surface area contributed by atoms with E-state index in [0.717, 1.165) is 22.1 Å². The summed E-state index contributed by atoms with van der Waals surface area (Å²) < 4.78 is 18.5. The van der Waals surface area contributed by atoms with Crippen LogP contribution in [0.5, 0.6) is 0 Å². The Kier molecular flexibility index (Phi) is 3.92. The maximum absolute atomic E-state index is 13.0. The summed E-state index contributed by atoms with van der Waals surface area (Å²) in [5, 5.41) is 6.87. The molecule has 1 aromatic heterocycles. The number of furan rings is 1. The Bertz CT molecular complexity index is 653. The third kappa shape index (κ3) is 3.24. The van der Waals surface area contributed by atoms with Crippen LogP contribution in [-0.4, -0.2) is 31.2 Å². The normalized spacial score (nSPS) is 21.8. The predicted molar refractivity (Wildman–Crippen MR) is 79.0 cm³/mol. The molecule has 1 aromatic carbocycles. The zero-order valence-corrected chi connectivity index (χ0v) is 12.0. The van der Waals surface area contributed by atoms with Gasteiger partial charge in [-0.3, -0.25) is 4.79 Å². The number of hydrogen-bond donors (Lipinski definition) is 2. The molecular formula is C16H19FN2O2. The molecule has 0 aliphatic carbocycles. The van der Waals surface area contributed by atoms with Crippen molar-refractivity contribution in [2.75, 3.05) is 13.1 Å². The lowest BCUT2D eigenvalue weighted by molar-refractivity contribution is -0.120. The number of hydrogen-bond acceptors (Lipinski definition) is 3. The first-order valence-electron chi connectivity index (χ1n) is 7.22. The highest BCUT2D eigenvalue weighted by atomic mass is 19.1. The van der Waals surface area contributed by atoms with Crippen LogP contribution >= 0.6 is 0 Å². The fraction of sp³-hybridized carbons (Fsp3) is 0.438. The van der Waals surface area contributed by atoms with Crippen molar-refractivity contribution < 1.29 is 13.6 Å². The van der Waals surface area contributed by atoms with Gasteiger partial charge in [0.25, 0.3) is 0 Å². The monoisotopic (exact) mass is 290 g/mol. The maximum atomic E-state index is 13.0. The fourth-order valence-electron chi connectivity index (χ4n) is 2.73. The highest BCUT2D eigenvalue weighted by Crippen LogP contribution is 2.22. The molecule has 1 aliphatic rings. The number of rotatable bonds is 4. The topological polar surface area (TPSA) is 54.3 Å². The zero-order chi connectivity index (χ0) is 14.8. The lowest BCUT2D eigenvalue weighted by Gasteiger charge is -2.10. The Balaban J connectivity index is 1.58. The molecule has 2 aromatic rings. The average molecular weight is 290 g/mol. The summed E-state index contributed by atoms with van der Waals surface area (Å²) in [7, 11) is 0. The summed E-state index contributed by atoms with van der Waals surface area (Å²) in [5.41, 5.74) is 2.81. The van der Waals surface area contributed by atoms with Crippen LogP contribution in [0.1, 0.15) is 17.5 Å². The van der Waals surface area contributed by atoms with Gasteiger partial charge in [-0.15, -0.1) is 0 Å². The van der Waals surface area contributed by atoms with Gasteiger partial charge in [0.05, 0.1) is 12.7 Å². The van der Waals surface area contributed by atoms with Crippen LogP contribution in [0, 0.1) is 6.92 Å². The van der Waals surface area contributed by atoms with Gasteiger partial charge in [-0.1, -0.05) is 12.1 Å². The van der Waals surface area contributed by atoms with Crippen LogP contribution in [-0.2, 0) is 11.2 Å². The Morgan fingerprint density at radius 2 is 2.38 bits per heavy atom. The molecule has 0 spiro atoms. The van der Waals surface area contributed by atoms with Gasteiger partial charge in [-0.25, -0.2) is 4.39 Å². The number of fused-ring (bicyclic) bond motifs is 1. The second-order valence-electron chi connectivity index (χ2n) is 5.68. The van der Waals surface area contributed by atoms with Crippen LogP contribution in [0.4, 0.5) is 4.39 Å². The van der Waals surface area contributed by atoms with Crippen molar-refractivity contribution in [2.24, 2.45) is 0 Å². The summed E-state index contributed by atoms with van der Waals surface area (Å²) in [6.07, 6.45) is 1.58. The molecular weight excluding hydrogens is 271 g/mol. The largest absolute Gasteiger partial charge is 0.464 e. The first-order chi connectivity index (χ1) is 10.1. The van der Waals surface area contributed by atoms with E-state index in [1.54, 1.807) is 6.26 Å². The molecule has 21 heavy (non-hydrogen) atoms. The number of aryl methyl sites for hydroxylation is 1. The first-order valence-corrected chi connectivity index (χ1v) is 7.22. The minimum Gasteiger partial charge on any atom is -0.464 e. The van der Waals surface area contributed by atoms with Crippen molar-refractivity contribution in [1.82, 2.24) is 10.6 Å². The molecule has 1 fully saturated rings. The van der Waals surface area contributed by atoms with Crippen molar-refractivity contribution in [3.8, 4) is 0 Å². The minimum absolute atomic E-state index is 0.0349. The second-order valence-corrected chi connectivity index (χ2v) is 5.68. The van der Waals surface area contributed by atoms with E-state index < -0.39 is 6.17 Å². The zero-order valence-electron chi connectivity index (χ0n) is 12.0. The molecule has 0 unspecified atom stereocenters. The number of nitrogens with one attached hydrogen (secondary N) is 2. The first kappa shape index (κ1) is 14.1. The van der Waals surface area contributed by atoms with Crippen molar-refractivity contribution >= 4 is 16.9 Å². The van der Waals surface area contributed by atoms with Crippen LogP contribution < -0.4 is 10.6 Å². The highest BCUT2D eigenvalue weighted by molar-refractivity contribution is 5.87. The quantitative estimate of drug-likeness (QED) is 0.906. The lowest BCUT2D eigenvalue weighted by atomic mass is 10.1. The standard InChI is InChI=1S/C16H19FN2O2/c1-10-2-3-14-11(9-21-15(14)4-10)5-16(20)19-8-13-6-12(17)7-18-13/h2-4,9,12-13,18H,5-8H2,1H3,(H,19,20)/t12-,13-/m0/s1. The van der Waals surface area contributed by atoms with Gasteiger partial charge in [0, 0.05) is 30.1 Å². The van der Waals surface area contributed by atoms with Gasteiger partial charge in [0.1, 0.15) is 11.8 Å². The summed E-state index contributed by atoms with van der Waals surface area (Å²) in [5.74, 6) is -0.0672. The molecule has 0 radical (unpaired) electrons. The SMILES string of the molecule is Cc1ccc2c(CC(=O)NC[C@@H]3C[C@H](F)CN3)coc2c1. The molecule has 2 heterocycles. The van der Waals surface area contributed by atoms with Crippen molar-refractivity contribution in [2.45, 2.75) is 32.0 Å². The van der Waals surface area contributed by atoms with Gasteiger partial charge in [-0.05, 0) is 25.0 Å². The molecule has 112 valence electrons. The summed E-state index contributed by atoms with van der Waals surface area (Å²) in [4.78, 5) is 12.0. The van der Waals surface area contributed by atoms with E-state index in [9.17, 15) is 9.18 Å². The second kappa shape index (κ2) is 5.85. The Hall–Kier alpha value is -1.88. The minimum atomic E-state index is -0.798. The van der Waals surface area contributed by atoms with E-state index in [-0.39, 0.29) is 18.4 Å². The van der Waals surface area contributed by atoms with E-state index in [0.29, 0.717) is 19.5 Å². The lowest BCUT2D eigenvalue weighted by Crippen LogP contribution is -2.37. The van der Waals surface area contributed by atoms with Crippen molar-refractivity contribution in [1.29, 1.82) is 0 Å². The van der Waals surface area contributed by atoms with Gasteiger partial charge < -0.3 is 15.1 Å². The van der Waals surface area contributed by atoms with Crippen molar-refractivity contribution in [3.05, 3.63) is 35.6 Å². The fourth-order valence-corrected chi connectivity index (χ4v) is 2.73. The summed E-state index contributed by atoms with van der Waals surface area (Å²) in [6.45, 7) is 2.85. The molecule has 1 saturated heterocycles.